The van der Waals surface area contributed by atoms with Gasteiger partial charge in [-0.3, -0.25) is 14.9 Å². The zero-order chi connectivity index (χ0) is 12.0. The second-order valence-electron chi connectivity index (χ2n) is 2.87. The summed E-state index contributed by atoms with van der Waals surface area (Å²) >= 11 is 1.14. The highest BCUT2D eigenvalue weighted by Crippen LogP contribution is 2.16. The molecule has 0 bridgehead atoms. The molecule has 0 aliphatic rings. The monoisotopic (exact) mass is 238 g/mol. The second-order valence-corrected chi connectivity index (χ2v) is 4.07. The number of carbonyl (C=O) groups is 1. The van der Waals surface area contributed by atoms with E-state index >= 15 is 0 Å². The third-order valence-corrected chi connectivity index (χ3v) is 2.44. The van der Waals surface area contributed by atoms with Crippen molar-refractivity contribution >= 4 is 28.6 Å². The Morgan fingerprint density at radius 2 is 2.44 bits per heavy atom. The molecule has 0 N–H and O–H groups in total. The highest BCUT2D eigenvalue weighted by Gasteiger charge is 2.10. The molecule has 1 aromatic heterocycles. The van der Waals surface area contributed by atoms with Crippen LogP contribution in [0.25, 0.3) is 6.08 Å². The van der Waals surface area contributed by atoms with E-state index < -0.39 is 4.92 Å². The molecule has 1 heterocycles. The van der Waals surface area contributed by atoms with Crippen molar-refractivity contribution in [1.29, 1.82) is 0 Å². The minimum absolute atomic E-state index is 0.0140. The van der Waals surface area contributed by atoms with Gasteiger partial charge in [0, 0.05) is 24.9 Å². The van der Waals surface area contributed by atoms with Crippen molar-refractivity contribution in [3.8, 4) is 0 Å². The maximum atomic E-state index is 10.6. The Morgan fingerprint density at radius 1 is 1.69 bits per heavy atom. The van der Waals surface area contributed by atoms with Gasteiger partial charge in [0.1, 0.15) is 5.69 Å². The lowest BCUT2D eigenvalue weighted by Gasteiger charge is -1.95. The molecule has 0 saturated carbocycles. The fourth-order valence-corrected chi connectivity index (χ4v) is 1.44. The fourth-order valence-electron chi connectivity index (χ4n) is 1.02. The number of hydrogen-bond donors (Lipinski definition) is 0. The maximum Gasteiger partial charge on any atom is 0.294 e. The molecule has 6 heteroatoms. The lowest BCUT2D eigenvalue weighted by molar-refractivity contribution is -0.385. The molecule has 0 aromatic carbocycles. The number of aromatic nitrogens is 1. The summed E-state index contributed by atoms with van der Waals surface area (Å²) in [4.78, 5) is 24.7. The molecule has 0 aliphatic carbocycles. The molecular weight excluding hydrogens is 228 g/mol. The van der Waals surface area contributed by atoms with Crippen LogP contribution in [-0.4, -0.2) is 20.8 Å². The first kappa shape index (κ1) is 12.4. The third-order valence-electron chi connectivity index (χ3n) is 1.67. The quantitative estimate of drug-likeness (QED) is 0.594. The molecule has 0 saturated heterocycles. The maximum absolute atomic E-state index is 10.6. The summed E-state index contributed by atoms with van der Waals surface area (Å²) in [6.07, 6.45) is 4.72. The van der Waals surface area contributed by atoms with Crippen molar-refractivity contribution in [3.63, 3.8) is 0 Å². The van der Waals surface area contributed by atoms with Crippen molar-refractivity contribution in [2.45, 2.75) is 6.92 Å². The largest absolute Gasteiger partial charge is 0.294 e. The lowest BCUT2D eigenvalue weighted by atomic mass is 10.3. The molecule has 0 atom stereocenters. The predicted molar refractivity (Wildman–Crippen MR) is 63.1 cm³/mol. The summed E-state index contributed by atoms with van der Waals surface area (Å²) in [5.74, 6) is 0.489. The Labute approximate surface area is 96.7 Å². The van der Waals surface area contributed by atoms with Gasteiger partial charge in [-0.1, -0.05) is 17.8 Å². The average Bonchev–Trinajstić information content (AvgIpc) is 2.24. The fraction of sp³-hybridized carbons (Fsp3) is 0.200. The van der Waals surface area contributed by atoms with E-state index in [2.05, 4.69) is 4.98 Å². The van der Waals surface area contributed by atoms with Crippen LogP contribution in [0.5, 0.6) is 0 Å². The van der Waals surface area contributed by atoms with Gasteiger partial charge >= 0.3 is 0 Å². The first-order valence-electron chi connectivity index (χ1n) is 4.50. The molecule has 16 heavy (non-hydrogen) atoms. The zero-order valence-electron chi connectivity index (χ0n) is 8.62. The number of hydrogen-bond acceptors (Lipinski definition) is 5. The first-order valence-corrected chi connectivity index (χ1v) is 5.49. The SMILES string of the molecule is CC(=O)SCC=Cc1ncccc1[N+](=O)[O-]. The van der Waals surface area contributed by atoms with E-state index in [0.29, 0.717) is 11.4 Å². The topological polar surface area (TPSA) is 73.1 Å². The molecular formula is C10H10N2O3S. The van der Waals surface area contributed by atoms with Gasteiger partial charge in [0.05, 0.1) is 4.92 Å². The van der Waals surface area contributed by atoms with E-state index in [-0.39, 0.29) is 10.8 Å². The van der Waals surface area contributed by atoms with Gasteiger partial charge in [-0.05, 0) is 12.1 Å². The number of pyridine rings is 1. The number of nitrogens with zero attached hydrogens (tertiary/aromatic N) is 2. The summed E-state index contributed by atoms with van der Waals surface area (Å²) in [7, 11) is 0. The Kier molecular flexibility index (Phi) is 4.65. The average molecular weight is 238 g/mol. The Hall–Kier alpha value is -1.69. The third kappa shape index (κ3) is 3.82. The smallest absolute Gasteiger partial charge is 0.288 e. The van der Waals surface area contributed by atoms with Crippen LogP contribution in [0, 0.1) is 10.1 Å². The van der Waals surface area contributed by atoms with Gasteiger partial charge in [0.25, 0.3) is 5.69 Å². The van der Waals surface area contributed by atoms with Gasteiger partial charge in [-0.25, -0.2) is 4.98 Å². The van der Waals surface area contributed by atoms with Crippen LogP contribution in [0.1, 0.15) is 12.6 Å². The van der Waals surface area contributed by atoms with E-state index in [1.165, 1.54) is 25.3 Å². The van der Waals surface area contributed by atoms with E-state index in [0.717, 1.165) is 11.8 Å². The second kappa shape index (κ2) is 6.02. The van der Waals surface area contributed by atoms with Crippen LogP contribution in [-0.2, 0) is 4.79 Å². The van der Waals surface area contributed by atoms with Crippen LogP contribution in [0.15, 0.2) is 24.4 Å². The minimum atomic E-state index is -0.481. The van der Waals surface area contributed by atoms with Crippen molar-refractivity contribution < 1.29 is 9.72 Å². The molecule has 1 aromatic rings. The number of carbonyl (C=O) groups excluding carboxylic acids is 1. The molecule has 5 nitrogen and oxygen atoms in total. The van der Waals surface area contributed by atoms with Gasteiger partial charge in [0.15, 0.2) is 5.12 Å². The van der Waals surface area contributed by atoms with Crippen molar-refractivity contribution in [1.82, 2.24) is 4.98 Å². The van der Waals surface area contributed by atoms with E-state index in [1.54, 1.807) is 12.2 Å². The van der Waals surface area contributed by atoms with Crippen LogP contribution >= 0.6 is 11.8 Å². The van der Waals surface area contributed by atoms with Crippen molar-refractivity contribution in [3.05, 3.63) is 40.2 Å². The van der Waals surface area contributed by atoms with E-state index in [4.69, 9.17) is 0 Å². The number of rotatable bonds is 4. The highest BCUT2D eigenvalue weighted by molar-refractivity contribution is 8.13. The minimum Gasteiger partial charge on any atom is -0.288 e. The van der Waals surface area contributed by atoms with Crippen LogP contribution < -0.4 is 0 Å². The first-order chi connectivity index (χ1) is 7.61. The van der Waals surface area contributed by atoms with Gasteiger partial charge in [0.2, 0.25) is 0 Å². The molecule has 0 aliphatic heterocycles. The van der Waals surface area contributed by atoms with Gasteiger partial charge in [-0.15, -0.1) is 0 Å². The normalized spacial score (nSPS) is 10.6. The Balaban J connectivity index is 2.73. The number of thioether (sulfide) groups is 1. The van der Waals surface area contributed by atoms with Crippen molar-refractivity contribution in [2.24, 2.45) is 0 Å². The summed E-state index contributed by atoms with van der Waals surface area (Å²) < 4.78 is 0. The molecule has 0 spiro atoms. The zero-order valence-corrected chi connectivity index (χ0v) is 9.44. The summed E-state index contributed by atoms with van der Waals surface area (Å²) in [5, 5.41) is 10.6. The molecule has 0 amide bonds. The number of nitro groups is 1. The Morgan fingerprint density at radius 3 is 3.06 bits per heavy atom. The van der Waals surface area contributed by atoms with Crippen LogP contribution in [0.4, 0.5) is 5.69 Å². The summed E-state index contributed by atoms with van der Waals surface area (Å²) in [6, 6.07) is 2.91. The van der Waals surface area contributed by atoms with E-state index in [1.807, 2.05) is 0 Å². The molecule has 0 unspecified atom stereocenters. The van der Waals surface area contributed by atoms with Gasteiger partial charge in [-0.2, -0.15) is 0 Å². The summed E-state index contributed by atoms with van der Waals surface area (Å²) in [6.45, 7) is 1.47. The summed E-state index contributed by atoms with van der Waals surface area (Å²) in [5.41, 5.74) is 0.267. The molecule has 1 rings (SSSR count). The molecule has 0 radical (unpaired) electrons. The molecule has 84 valence electrons. The Bertz CT molecular complexity index is 432. The molecule has 0 fully saturated rings. The van der Waals surface area contributed by atoms with Gasteiger partial charge < -0.3 is 0 Å². The predicted octanol–water partition coefficient (Wildman–Crippen LogP) is 2.28. The highest BCUT2D eigenvalue weighted by atomic mass is 32.2. The standard InChI is InChI=1S/C10H10N2O3S/c1-8(13)16-7-3-4-9-10(12(14)15)5-2-6-11-9/h2-6H,7H2,1H3. The lowest BCUT2D eigenvalue weighted by Crippen LogP contribution is -1.93. The van der Waals surface area contributed by atoms with Crippen molar-refractivity contribution in [2.75, 3.05) is 5.75 Å². The van der Waals surface area contributed by atoms with E-state index in [9.17, 15) is 14.9 Å². The van der Waals surface area contributed by atoms with Crippen LogP contribution in [0.3, 0.4) is 0 Å². The van der Waals surface area contributed by atoms with Crippen LogP contribution in [0.2, 0.25) is 0 Å².